The summed E-state index contributed by atoms with van der Waals surface area (Å²) in [7, 11) is 3.21. The maximum absolute atomic E-state index is 11.7. The Morgan fingerprint density at radius 1 is 1.33 bits per heavy atom. The molecule has 1 aliphatic rings. The number of methoxy groups -OCH3 is 2. The quantitative estimate of drug-likeness (QED) is 0.867. The molecular formula is C14H19N3O3S. The van der Waals surface area contributed by atoms with Crippen molar-refractivity contribution in [3.05, 3.63) is 23.8 Å². The van der Waals surface area contributed by atoms with Gasteiger partial charge in [0.15, 0.2) is 16.7 Å². The van der Waals surface area contributed by atoms with Crippen molar-refractivity contribution < 1.29 is 14.3 Å². The Kier molecular flexibility index (Phi) is 5.74. The van der Waals surface area contributed by atoms with Crippen LogP contribution in [0.25, 0.3) is 0 Å². The van der Waals surface area contributed by atoms with Crippen molar-refractivity contribution >= 4 is 23.0 Å². The van der Waals surface area contributed by atoms with E-state index < -0.39 is 0 Å². The van der Waals surface area contributed by atoms with Crippen LogP contribution in [0, 0.1) is 0 Å². The molecule has 1 aromatic carbocycles. The second-order valence-electron chi connectivity index (χ2n) is 4.36. The molecule has 1 aromatic rings. The summed E-state index contributed by atoms with van der Waals surface area (Å²) in [5, 5.41) is 6.23. The van der Waals surface area contributed by atoms with E-state index in [9.17, 15) is 4.79 Å². The number of rotatable bonds is 5. The highest BCUT2D eigenvalue weighted by Crippen LogP contribution is 2.27. The normalized spacial score (nSPS) is 13.5. The lowest BCUT2D eigenvalue weighted by Gasteiger charge is -2.10. The zero-order valence-corrected chi connectivity index (χ0v) is 13.0. The molecule has 21 heavy (non-hydrogen) atoms. The topological polar surface area (TPSA) is 72.0 Å². The average Bonchev–Trinajstić information content (AvgIpc) is 2.99. The molecule has 0 saturated carbocycles. The van der Waals surface area contributed by atoms with Crippen LogP contribution in [-0.4, -0.2) is 44.3 Å². The smallest absolute Gasteiger partial charge is 0.320 e. The SMILES string of the molecule is COc1ccc(CCNC(=O)NC2=NCCS2)cc1OC. The van der Waals surface area contributed by atoms with Gasteiger partial charge in [-0.05, 0) is 24.1 Å². The Hall–Kier alpha value is -1.89. The number of nitrogens with one attached hydrogen (secondary N) is 2. The van der Waals surface area contributed by atoms with Gasteiger partial charge < -0.3 is 14.8 Å². The first-order valence-corrected chi connectivity index (χ1v) is 7.64. The van der Waals surface area contributed by atoms with Crippen LogP contribution in [0.1, 0.15) is 5.56 Å². The van der Waals surface area contributed by atoms with Crippen LogP contribution in [0.15, 0.2) is 23.2 Å². The predicted octanol–water partition coefficient (Wildman–Crippen LogP) is 1.65. The van der Waals surface area contributed by atoms with Gasteiger partial charge in [0.25, 0.3) is 0 Å². The highest BCUT2D eigenvalue weighted by atomic mass is 32.2. The van der Waals surface area contributed by atoms with Crippen molar-refractivity contribution in [2.45, 2.75) is 6.42 Å². The van der Waals surface area contributed by atoms with Crippen LogP contribution < -0.4 is 20.1 Å². The molecule has 1 aliphatic heterocycles. The summed E-state index contributed by atoms with van der Waals surface area (Å²) in [6.45, 7) is 1.31. The maximum atomic E-state index is 11.7. The van der Waals surface area contributed by atoms with Crippen molar-refractivity contribution in [2.24, 2.45) is 4.99 Å². The third-order valence-electron chi connectivity index (χ3n) is 2.95. The number of nitrogens with zero attached hydrogens (tertiary/aromatic N) is 1. The third-order valence-corrected chi connectivity index (χ3v) is 3.84. The molecule has 0 saturated heterocycles. The molecule has 0 aliphatic carbocycles. The minimum absolute atomic E-state index is 0.219. The van der Waals surface area contributed by atoms with Crippen LogP contribution >= 0.6 is 11.8 Å². The fraction of sp³-hybridized carbons (Fsp3) is 0.429. The van der Waals surface area contributed by atoms with Crippen LogP contribution in [-0.2, 0) is 6.42 Å². The molecule has 1 heterocycles. The molecule has 0 spiro atoms. The Balaban J connectivity index is 1.78. The zero-order chi connectivity index (χ0) is 15.1. The Morgan fingerprint density at radius 3 is 2.81 bits per heavy atom. The molecule has 7 heteroatoms. The van der Waals surface area contributed by atoms with Crippen molar-refractivity contribution in [3.8, 4) is 11.5 Å². The number of urea groups is 1. The van der Waals surface area contributed by atoms with Crippen LogP contribution in [0.4, 0.5) is 4.79 Å². The van der Waals surface area contributed by atoms with Crippen LogP contribution in [0.5, 0.6) is 11.5 Å². The Labute approximate surface area is 128 Å². The summed E-state index contributed by atoms with van der Waals surface area (Å²) < 4.78 is 10.4. The first-order valence-electron chi connectivity index (χ1n) is 6.66. The van der Waals surface area contributed by atoms with Gasteiger partial charge in [-0.2, -0.15) is 0 Å². The maximum Gasteiger partial charge on any atom is 0.320 e. The molecule has 6 nitrogen and oxygen atoms in total. The molecular weight excluding hydrogens is 290 g/mol. The van der Waals surface area contributed by atoms with Gasteiger partial charge in [-0.15, -0.1) is 0 Å². The van der Waals surface area contributed by atoms with E-state index in [2.05, 4.69) is 15.6 Å². The standard InChI is InChI=1S/C14H19N3O3S/c1-19-11-4-3-10(9-12(11)20-2)5-6-15-13(18)17-14-16-7-8-21-14/h3-4,9H,5-8H2,1-2H3,(H2,15,16,17,18). The van der Waals surface area contributed by atoms with Gasteiger partial charge in [-0.25, -0.2) is 4.79 Å². The number of ether oxygens (including phenoxy) is 2. The van der Waals surface area contributed by atoms with E-state index in [0.29, 0.717) is 29.6 Å². The number of amidine groups is 1. The summed E-state index contributed by atoms with van der Waals surface area (Å²) in [6.07, 6.45) is 0.716. The second-order valence-corrected chi connectivity index (χ2v) is 5.44. The first kappa shape index (κ1) is 15.5. The number of benzene rings is 1. The molecule has 0 bridgehead atoms. The monoisotopic (exact) mass is 309 g/mol. The number of thioether (sulfide) groups is 1. The summed E-state index contributed by atoms with van der Waals surface area (Å²) in [4.78, 5) is 15.8. The number of carbonyl (C=O) groups excluding carboxylic acids is 1. The number of aliphatic imine (C=N–C) groups is 1. The summed E-state index contributed by atoms with van der Waals surface area (Å²) in [6, 6.07) is 5.51. The molecule has 2 rings (SSSR count). The number of carbonyl (C=O) groups is 1. The fourth-order valence-corrected chi connectivity index (χ4v) is 2.63. The van der Waals surface area contributed by atoms with E-state index in [1.165, 1.54) is 0 Å². The molecule has 2 N–H and O–H groups in total. The van der Waals surface area contributed by atoms with E-state index in [1.54, 1.807) is 26.0 Å². The number of amides is 2. The van der Waals surface area contributed by atoms with E-state index in [1.807, 2.05) is 18.2 Å². The lowest BCUT2D eigenvalue weighted by atomic mass is 10.1. The lowest BCUT2D eigenvalue weighted by Crippen LogP contribution is -2.38. The molecule has 0 aromatic heterocycles. The van der Waals surface area contributed by atoms with Gasteiger partial charge in [-0.3, -0.25) is 10.3 Å². The van der Waals surface area contributed by atoms with E-state index in [4.69, 9.17) is 9.47 Å². The third kappa shape index (κ3) is 4.56. The summed E-state index contributed by atoms with van der Waals surface area (Å²) >= 11 is 1.56. The molecule has 0 radical (unpaired) electrons. The first-order chi connectivity index (χ1) is 10.2. The molecule has 114 valence electrons. The average molecular weight is 309 g/mol. The molecule has 0 unspecified atom stereocenters. The van der Waals surface area contributed by atoms with Crippen molar-refractivity contribution in [2.75, 3.05) is 33.1 Å². The minimum Gasteiger partial charge on any atom is -0.493 e. The highest BCUT2D eigenvalue weighted by Gasteiger charge is 2.10. The second kappa shape index (κ2) is 7.78. The molecule has 0 atom stereocenters. The Bertz CT molecular complexity index is 534. The largest absolute Gasteiger partial charge is 0.493 e. The van der Waals surface area contributed by atoms with E-state index >= 15 is 0 Å². The fourth-order valence-electron chi connectivity index (χ4n) is 1.91. The molecule has 2 amide bonds. The minimum atomic E-state index is -0.219. The van der Waals surface area contributed by atoms with Crippen LogP contribution in [0.3, 0.4) is 0 Å². The summed E-state index contributed by atoms with van der Waals surface area (Å²) in [5.74, 6) is 2.32. The highest BCUT2D eigenvalue weighted by molar-refractivity contribution is 8.14. The number of hydrogen-bond acceptors (Lipinski definition) is 5. The number of hydrogen-bond donors (Lipinski definition) is 2. The van der Waals surface area contributed by atoms with Gasteiger partial charge >= 0.3 is 6.03 Å². The van der Waals surface area contributed by atoms with Gasteiger partial charge in [0.2, 0.25) is 0 Å². The Morgan fingerprint density at radius 2 is 2.14 bits per heavy atom. The van der Waals surface area contributed by atoms with Crippen molar-refractivity contribution in [1.82, 2.24) is 10.6 Å². The van der Waals surface area contributed by atoms with Gasteiger partial charge in [0.05, 0.1) is 20.8 Å². The lowest BCUT2D eigenvalue weighted by molar-refractivity contribution is 0.245. The van der Waals surface area contributed by atoms with E-state index in [0.717, 1.165) is 17.9 Å². The van der Waals surface area contributed by atoms with Crippen molar-refractivity contribution in [3.63, 3.8) is 0 Å². The van der Waals surface area contributed by atoms with Crippen molar-refractivity contribution in [1.29, 1.82) is 0 Å². The zero-order valence-electron chi connectivity index (χ0n) is 12.1. The van der Waals surface area contributed by atoms with Gasteiger partial charge in [-0.1, -0.05) is 17.8 Å². The molecule has 0 fully saturated rings. The van der Waals surface area contributed by atoms with Crippen LogP contribution in [0.2, 0.25) is 0 Å². The van der Waals surface area contributed by atoms with E-state index in [-0.39, 0.29) is 6.03 Å². The van der Waals surface area contributed by atoms with Gasteiger partial charge in [0, 0.05) is 12.3 Å². The summed E-state index contributed by atoms with van der Waals surface area (Å²) in [5.41, 5.74) is 1.07. The van der Waals surface area contributed by atoms with Gasteiger partial charge in [0.1, 0.15) is 0 Å². The predicted molar refractivity (Wildman–Crippen MR) is 84.5 cm³/mol.